The molecule has 0 heterocycles. The van der Waals surface area contributed by atoms with E-state index < -0.39 is 5.82 Å². The Morgan fingerprint density at radius 2 is 2.11 bits per heavy atom. The summed E-state index contributed by atoms with van der Waals surface area (Å²) in [6, 6.07) is 4.25. The van der Waals surface area contributed by atoms with Crippen LogP contribution in [-0.4, -0.2) is 18.1 Å². The summed E-state index contributed by atoms with van der Waals surface area (Å²) < 4.78 is 18.8. The van der Waals surface area contributed by atoms with Gasteiger partial charge in [0, 0.05) is 11.6 Å². The van der Waals surface area contributed by atoms with Crippen LogP contribution in [0.25, 0.3) is 0 Å². The molecule has 5 heteroatoms. The third-order valence-corrected chi connectivity index (χ3v) is 2.35. The van der Waals surface area contributed by atoms with Crippen LogP contribution in [0, 0.1) is 5.82 Å². The number of benzene rings is 1. The van der Waals surface area contributed by atoms with Crippen molar-refractivity contribution in [2.45, 2.75) is 39.3 Å². The fourth-order valence-corrected chi connectivity index (χ4v) is 1.52. The monoisotopic (exact) mass is 268 g/mol. The Balaban J connectivity index is 2.61. The predicted octanol–water partition coefficient (Wildman–Crippen LogP) is 2.14. The van der Waals surface area contributed by atoms with Crippen LogP contribution in [0.5, 0.6) is 5.75 Å². The highest BCUT2D eigenvalue weighted by Crippen LogP contribution is 2.21. The van der Waals surface area contributed by atoms with Crippen LogP contribution in [0.1, 0.15) is 39.3 Å². The number of amides is 1. The van der Waals surface area contributed by atoms with E-state index in [1.807, 2.05) is 20.8 Å². The molecule has 1 rings (SSSR count). The van der Waals surface area contributed by atoms with Gasteiger partial charge in [-0.2, -0.15) is 0 Å². The Morgan fingerprint density at radius 3 is 2.58 bits per heavy atom. The largest absolute Gasteiger partial charge is 0.481 e. The van der Waals surface area contributed by atoms with Crippen LogP contribution in [0.2, 0.25) is 0 Å². The van der Waals surface area contributed by atoms with Crippen molar-refractivity contribution < 1.29 is 13.9 Å². The summed E-state index contributed by atoms with van der Waals surface area (Å²) in [5.74, 6) is -0.755. The molecule has 0 saturated carbocycles. The van der Waals surface area contributed by atoms with Crippen molar-refractivity contribution in [2.24, 2.45) is 5.73 Å². The van der Waals surface area contributed by atoms with Gasteiger partial charge in [-0.15, -0.1) is 0 Å². The molecule has 0 aliphatic carbocycles. The third-order valence-electron chi connectivity index (χ3n) is 2.35. The van der Waals surface area contributed by atoms with Crippen LogP contribution in [0.15, 0.2) is 18.2 Å². The van der Waals surface area contributed by atoms with E-state index in [0.717, 1.165) is 0 Å². The van der Waals surface area contributed by atoms with E-state index in [1.54, 1.807) is 13.0 Å². The zero-order valence-electron chi connectivity index (χ0n) is 11.8. The summed E-state index contributed by atoms with van der Waals surface area (Å²) in [5.41, 5.74) is 6.00. The van der Waals surface area contributed by atoms with Gasteiger partial charge >= 0.3 is 0 Å². The zero-order chi connectivity index (χ0) is 14.6. The summed E-state index contributed by atoms with van der Waals surface area (Å²) in [6.45, 7) is 7.15. The first-order chi connectivity index (χ1) is 8.69. The van der Waals surface area contributed by atoms with Crippen LogP contribution in [-0.2, 0) is 4.79 Å². The molecular weight excluding hydrogens is 247 g/mol. The minimum absolute atomic E-state index is 0.0495. The molecule has 106 valence electrons. The Kier molecular flexibility index (Phi) is 4.89. The summed E-state index contributed by atoms with van der Waals surface area (Å²) >= 11 is 0. The fourth-order valence-electron chi connectivity index (χ4n) is 1.52. The first-order valence-corrected chi connectivity index (χ1v) is 6.18. The van der Waals surface area contributed by atoms with Crippen LogP contribution in [0.4, 0.5) is 4.39 Å². The predicted molar refractivity (Wildman–Crippen MR) is 72.4 cm³/mol. The molecule has 0 aliphatic heterocycles. The second kappa shape index (κ2) is 6.02. The van der Waals surface area contributed by atoms with Crippen molar-refractivity contribution in [3.8, 4) is 5.75 Å². The quantitative estimate of drug-likeness (QED) is 0.879. The normalized spacial score (nSPS) is 12.9. The average Bonchev–Trinajstić information content (AvgIpc) is 2.24. The highest BCUT2D eigenvalue weighted by molar-refractivity contribution is 5.78. The van der Waals surface area contributed by atoms with Gasteiger partial charge in [0.1, 0.15) is 0 Å². The maximum absolute atomic E-state index is 13.7. The molecule has 0 spiro atoms. The summed E-state index contributed by atoms with van der Waals surface area (Å²) in [6.07, 6.45) is 0. The van der Waals surface area contributed by atoms with Gasteiger partial charge in [-0.05, 0) is 45.4 Å². The molecule has 1 amide bonds. The molecule has 0 saturated heterocycles. The van der Waals surface area contributed by atoms with Crippen molar-refractivity contribution in [2.75, 3.05) is 6.61 Å². The Morgan fingerprint density at radius 1 is 1.47 bits per heavy atom. The SMILES string of the molecule is C[C@@H](N)c1ccc(OCC(=O)NC(C)(C)C)c(F)c1. The van der Waals surface area contributed by atoms with E-state index in [-0.39, 0.29) is 29.8 Å². The molecule has 0 fully saturated rings. The molecule has 1 atom stereocenters. The lowest BCUT2D eigenvalue weighted by molar-refractivity contribution is -0.124. The molecule has 0 aromatic heterocycles. The van der Waals surface area contributed by atoms with Gasteiger partial charge in [0.25, 0.3) is 5.91 Å². The Labute approximate surface area is 113 Å². The van der Waals surface area contributed by atoms with E-state index in [1.165, 1.54) is 12.1 Å². The van der Waals surface area contributed by atoms with Gasteiger partial charge in [-0.25, -0.2) is 4.39 Å². The van der Waals surface area contributed by atoms with Crippen molar-refractivity contribution >= 4 is 5.91 Å². The summed E-state index contributed by atoms with van der Waals surface area (Å²) in [7, 11) is 0. The number of nitrogens with two attached hydrogens (primary N) is 1. The minimum Gasteiger partial charge on any atom is -0.481 e. The Bertz CT molecular complexity index is 453. The zero-order valence-corrected chi connectivity index (χ0v) is 11.8. The number of hydrogen-bond donors (Lipinski definition) is 2. The fraction of sp³-hybridized carbons (Fsp3) is 0.500. The lowest BCUT2D eigenvalue weighted by Gasteiger charge is -2.20. The highest BCUT2D eigenvalue weighted by Gasteiger charge is 2.15. The molecule has 0 unspecified atom stereocenters. The Hall–Kier alpha value is -1.62. The molecule has 3 N–H and O–H groups in total. The molecule has 19 heavy (non-hydrogen) atoms. The molecular formula is C14H21FN2O2. The second-order valence-corrected chi connectivity index (χ2v) is 5.57. The maximum atomic E-state index is 13.7. The van der Waals surface area contributed by atoms with Crippen molar-refractivity contribution in [1.29, 1.82) is 0 Å². The number of carbonyl (C=O) groups excluding carboxylic acids is 1. The molecule has 4 nitrogen and oxygen atoms in total. The smallest absolute Gasteiger partial charge is 0.258 e. The van der Waals surface area contributed by atoms with Crippen LogP contribution < -0.4 is 15.8 Å². The number of halogens is 1. The number of hydrogen-bond acceptors (Lipinski definition) is 3. The lowest BCUT2D eigenvalue weighted by Crippen LogP contribution is -2.43. The van der Waals surface area contributed by atoms with Gasteiger partial charge in [-0.1, -0.05) is 6.07 Å². The average molecular weight is 268 g/mol. The number of carbonyl (C=O) groups is 1. The van der Waals surface area contributed by atoms with E-state index in [0.29, 0.717) is 5.56 Å². The van der Waals surface area contributed by atoms with Crippen molar-refractivity contribution in [1.82, 2.24) is 5.32 Å². The van der Waals surface area contributed by atoms with Gasteiger partial charge in [0.15, 0.2) is 18.2 Å². The second-order valence-electron chi connectivity index (χ2n) is 5.57. The van der Waals surface area contributed by atoms with E-state index in [2.05, 4.69) is 5.32 Å². The minimum atomic E-state index is -0.515. The first kappa shape index (κ1) is 15.4. The molecule has 0 radical (unpaired) electrons. The molecule has 1 aromatic rings. The molecule has 0 aliphatic rings. The number of nitrogens with one attached hydrogen (secondary N) is 1. The topological polar surface area (TPSA) is 64.3 Å². The lowest BCUT2D eigenvalue weighted by atomic mass is 10.1. The first-order valence-electron chi connectivity index (χ1n) is 6.18. The van der Waals surface area contributed by atoms with Gasteiger partial charge < -0.3 is 15.8 Å². The van der Waals surface area contributed by atoms with Crippen LogP contribution in [0.3, 0.4) is 0 Å². The van der Waals surface area contributed by atoms with Gasteiger partial charge in [0.2, 0.25) is 0 Å². The maximum Gasteiger partial charge on any atom is 0.258 e. The number of rotatable bonds is 4. The van der Waals surface area contributed by atoms with Crippen LogP contribution >= 0.6 is 0 Å². The molecule has 1 aromatic carbocycles. The molecule has 0 bridgehead atoms. The standard InChI is InChI=1S/C14H21FN2O2/c1-9(16)10-5-6-12(11(15)7-10)19-8-13(18)17-14(2,3)4/h5-7,9H,8,16H2,1-4H3,(H,17,18)/t9-/m1/s1. The van der Waals surface area contributed by atoms with Gasteiger partial charge in [-0.3, -0.25) is 4.79 Å². The van der Waals surface area contributed by atoms with E-state index in [9.17, 15) is 9.18 Å². The van der Waals surface area contributed by atoms with E-state index >= 15 is 0 Å². The van der Waals surface area contributed by atoms with E-state index in [4.69, 9.17) is 10.5 Å². The summed E-state index contributed by atoms with van der Waals surface area (Å²) in [5, 5.41) is 2.73. The van der Waals surface area contributed by atoms with Crippen molar-refractivity contribution in [3.05, 3.63) is 29.6 Å². The summed E-state index contributed by atoms with van der Waals surface area (Å²) in [4.78, 5) is 11.5. The third kappa shape index (κ3) is 5.26. The number of ether oxygens (including phenoxy) is 1. The van der Waals surface area contributed by atoms with Crippen molar-refractivity contribution in [3.63, 3.8) is 0 Å². The highest BCUT2D eigenvalue weighted by atomic mass is 19.1. The van der Waals surface area contributed by atoms with Gasteiger partial charge in [0.05, 0.1) is 0 Å².